The Hall–Kier alpha value is -1.36. The van der Waals surface area contributed by atoms with Crippen molar-refractivity contribution in [2.45, 2.75) is 37.2 Å². The number of likely N-dealkylation sites (tertiary alicyclic amines) is 1. The zero-order valence-electron chi connectivity index (χ0n) is 14.3. The fourth-order valence-electron chi connectivity index (χ4n) is 3.45. The smallest absolute Gasteiger partial charge is 0.133 e. The molecule has 0 saturated carbocycles. The van der Waals surface area contributed by atoms with E-state index in [9.17, 15) is 4.39 Å². The van der Waals surface area contributed by atoms with Crippen LogP contribution in [0.2, 0.25) is 5.11 Å². The lowest BCUT2D eigenvalue weighted by molar-refractivity contribution is 0.149. The van der Waals surface area contributed by atoms with Crippen molar-refractivity contribution in [2.24, 2.45) is 0 Å². The third-order valence-corrected chi connectivity index (χ3v) is 4.67. The highest BCUT2D eigenvalue weighted by molar-refractivity contribution is 6.58. The van der Waals surface area contributed by atoms with Gasteiger partial charge in [-0.05, 0) is 38.6 Å². The molecule has 0 aliphatic carbocycles. The summed E-state index contributed by atoms with van der Waals surface area (Å²) in [4.78, 5) is 2.02. The van der Waals surface area contributed by atoms with Crippen LogP contribution in [-0.2, 0) is 6.54 Å². The highest BCUT2D eigenvalue weighted by Gasteiger charge is 2.28. The maximum absolute atomic E-state index is 14.3. The van der Waals surface area contributed by atoms with E-state index in [0.29, 0.717) is 13.1 Å². The first-order valence-corrected chi connectivity index (χ1v) is 8.29. The minimum absolute atomic E-state index is 0.173. The van der Waals surface area contributed by atoms with Gasteiger partial charge in [-0.1, -0.05) is 6.07 Å². The second kappa shape index (κ2) is 6.51. The number of hydrogen-bond acceptors (Lipinski definition) is 2. The van der Waals surface area contributed by atoms with Gasteiger partial charge >= 0.3 is 0 Å². The number of benzene rings is 1. The number of rotatable bonds is 4. The van der Waals surface area contributed by atoms with Crippen LogP contribution in [0.1, 0.15) is 12.1 Å². The largest absolute Gasteiger partial charge is 0.379 e. The molecule has 2 heterocycles. The van der Waals surface area contributed by atoms with E-state index in [1.807, 2.05) is 41.6 Å². The van der Waals surface area contributed by atoms with Gasteiger partial charge in [-0.3, -0.25) is 0 Å². The van der Waals surface area contributed by atoms with Crippen molar-refractivity contribution in [3.05, 3.63) is 30.0 Å². The van der Waals surface area contributed by atoms with E-state index >= 15 is 0 Å². The minimum Gasteiger partial charge on any atom is -0.379 e. The molecule has 1 fully saturated rings. The van der Waals surface area contributed by atoms with Crippen molar-refractivity contribution in [1.29, 1.82) is 0 Å². The topological polar surface area (TPSA) is 20.2 Å². The van der Waals surface area contributed by atoms with Crippen LogP contribution in [0.5, 0.6) is 0 Å². The summed E-state index contributed by atoms with van der Waals surface area (Å²) in [6.45, 7) is 3.66. The van der Waals surface area contributed by atoms with Crippen LogP contribution in [0.3, 0.4) is 0 Å². The molecule has 120 valence electrons. The number of alkyl halides is 1. The van der Waals surface area contributed by atoms with Crippen LogP contribution in [0.15, 0.2) is 24.3 Å². The van der Waals surface area contributed by atoms with Crippen molar-refractivity contribution in [3.63, 3.8) is 0 Å². The second-order valence-electron chi connectivity index (χ2n) is 7.04. The lowest BCUT2D eigenvalue weighted by atomic mass is 9.42. The Labute approximate surface area is 147 Å². The van der Waals surface area contributed by atoms with Crippen molar-refractivity contribution in [2.75, 3.05) is 25.5 Å². The van der Waals surface area contributed by atoms with Crippen molar-refractivity contribution in [3.8, 4) is 0 Å². The van der Waals surface area contributed by atoms with Gasteiger partial charge in [0.05, 0.1) is 35.1 Å². The SMILES string of the molecule is [B]C([B])([B])Cn1c(C)cc2c(NC3CCN(C)CC3F)cccc21. The summed E-state index contributed by atoms with van der Waals surface area (Å²) in [7, 11) is 19.3. The van der Waals surface area contributed by atoms with E-state index in [2.05, 4.69) is 11.4 Å². The average Bonchev–Trinajstić information content (AvgIpc) is 2.78. The van der Waals surface area contributed by atoms with Gasteiger partial charge in [-0.2, -0.15) is 0 Å². The molecular weight excluding hydrogens is 298 g/mol. The molecule has 1 aliphatic heterocycles. The molecule has 1 aromatic heterocycles. The van der Waals surface area contributed by atoms with Gasteiger partial charge in [0.1, 0.15) is 6.17 Å². The Morgan fingerprint density at radius 2 is 2.08 bits per heavy atom. The monoisotopic (exact) mass is 319 g/mol. The number of hydrogen-bond donors (Lipinski definition) is 1. The van der Waals surface area contributed by atoms with Gasteiger partial charge in [-0.25, -0.2) is 4.39 Å². The molecule has 1 aromatic carbocycles. The fourth-order valence-corrected chi connectivity index (χ4v) is 3.45. The predicted octanol–water partition coefficient (Wildman–Crippen LogP) is 1.98. The number of piperidine rings is 1. The quantitative estimate of drug-likeness (QED) is 0.870. The van der Waals surface area contributed by atoms with E-state index in [1.54, 1.807) is 0 Å². The normalized spacial score (nSPS) is 22.8. The van der Waals surface area contributed by atoms with Gasteiger partial charge in [0, 0.05) is 36.4 Å². The number of nitrogens with one attached hydrogen (secondary N) is 1. The first-order chi connectivity index (χ1) is 11.2. The van der Waals surface area contributed by atoms with E-state index in [1.165, 1.54) is 0 Å². The molecule has 1 saturated heterocycles. The number of fused-ring (bicyclic) bond motifs is 1. The van der Waals surface area contributed by atoms with Gasteiger partial charge in [0.25, 0.3) is 0 Å². The van der Waals surface area contributed by atoms with Gasteiger partial charge in [0.2, 0.25) is 0 Å². The Kier molecular flexibility index (Phi) is 4.74. The Balaban J connectivity index is 1.91. The number of anilines is 1. The van der Waals surface area contributed by atoms with Crippen molar-refractivity contribution >= 4 is 40.1 Å². The van der Waals surface area contributed by atoms with Crippen LogP contribution in [0.25, 0.3) is 10.9 Å². The summed E-state index contributed by atoms with van der Waals surface area (Å²) in [5.74, 6) is 0. The summed E-state index contributed by atoms with van der Waals surface area (Å²) in [5.41, 5.74) is 2.94. The molecule has 7 heteroatoms. The molecule has 0 bridgehead atoms. The number of aromatic nitrogens is 1. The standard InChI is InChI=1S/C17H21B3FN3/c1-11-8-12-14(22-15-6-7-23(2)9-13(15)21)4-3-5-16(12)24(11)10-17(18,19)20/h3-5,8,13,15,22H,6-7,9-10H2,1-2H3. The molecule has 2 aromatic rings. The summed E-state index contributed by atoms with van der Waals surface area (Å²) in [6.07, 6.45) is -0.0994. The third-order valence-electron chi connectivity index (χ3n) is 4.67. The van der Waals surface area contributed by atoms with E-state index in [0.717, 1.165) is 35.2 Å². The first kappa shape index (κ1) is 17.5. The minimum atomic E-state index is -1.28. The molecule has 1 aliphatic rings. The first-order valence-electron chi connectivity index (χ1n) is 8.29. The molecule has 1 N–H and O–H groups in total. The van der Waals surface area contributed by atoms with Crippen LogP contribution >= 0.6 is 0 Å². The molecule has 24 heavy (non-hydrogen) atoms. The van der Waals surface area contributed by atoms with E-state index < -0.39 is 11.3 Å². The van der Waals surface area contributed by atoms with Gasteiger partial charge in [0.15, 0.2) is 0 Å². The summed E-state index contributed by atoms with van der Waals surface area (Å²) in [6, 6.07) is 7.83. The van der Waals surface area contributed by atoms with Gasteiger partial charge < -0.3 is 14.8 Å². The lowest BCUT2D eigenvalue weighted by Crippen LogP contribution is -2.46. The molecule has 3 nitrogen and oxygen atoms in total. The summed E-state index contributed by atoms with van der Waals surface area (Å²) >= 11 is 0. The maximum Gasteiger partial charge on any atom is 0.133 e. The molecule has 3 rings (SSSR count). The predicted molar refractivity (Wildman–Crippen MR) is 101 cm³/mol. The lowest BCUT2D eigenvalue weighted by Gasteiger charge is -2.33. The number of nitrogens with zero attached hydrogens (tertiary/aromatic N) is 2. The van der Waals surface area contributed by atoms with Crippen LogP contribution < -0.4 is 5.32 Å². The van der Waals surface area contributed by atoms with Gasteiger partial charge in [-0.15, -0.1) is 5.11 Å². The molecule has 0 amide bonds. The molecule has 0 spiro atoms. The molecule has 2 atom stereocenters. The van der Waals surface area contributed by atoms with Crippen molar-refractivity contribution < 1.29 is 4.39 Å². The van der Waals surface area contributed by atoms with E-state index in [-0.39, 0.29) is 6.04 Å². The highest BCUT2D eigenvalue weighted by atomic mass is 19.1. The molecule has 6 radical (unpaired) electrons. The maximum atomic E-state index is 14.3. The Morgan fingerprint density at radius 3 is 2.75 bits per heavy atom. The zero-order chi connectivity index (χ0) is 17.5. The highest BCUT2D eigenvalue weighted by Crippen LogP contribution is 2.31. The third kappa shape index (κ3) is 3.66. The van der Waals surface area contributed by atoms with Crippen LogP contribution in [0, 0.1) is 6.92 Å². The Morgan fingerprint density at radius 1 is 1.33 bits per heavy atom. The molecular formula is C17H21B3FN3. The molecule has 2 unspecified atom stereocenters. The Bertz CT molecular complexity index is 726. The van der Waals surface area contributed by atoms with Crippen molar-refractivity contribution in [1.82, 2.24) is 9.47 Å². The second-order valence-corrected chi connectivity index (χ2v) is 7.04. The summed E-state index contributed by atoms with van der Waals surface area (Å²) in [5, 5.41) is 3.14. The summed E-state index contributed by atoms with van der Waals surface area (Å²) < 4.78 is 16.3. The van der Waals surface area contributed by atoms with Crippen LogP contribution in [0.4, 0.5) is 10.1 Å². The van der Waals surface area contributed by atoms with Crippen LogP contribution in [-0.4, -0.2) is 65.4 Å². The average molecular weight is 319 g/mol. The zero-order valence-corrected chi connectivity index (χ0v) is 14.3. The number of aryl methyl sites for hydroxylation is 1. The number of halogens is 1. The van der Waals surface area contributed by atoms with E-state index in [4.69, 9.17) is 23.5 Å². The fraction of sp³-hybridized carbons (Fsp3) is 0.529.